The van der Waals surface area contributed by atoms with Crippen LogP contribution in [0, 0.1) is 12.3 Å². The molecule has 0 aliphatic heterocycles. The molecule has 10 heteroatoms. The average molecular weight is 387 g/mol. The summed E-state index contributed by atoms with van der Waals surface area (Å²) in [5.41, 5.74) is 5.33. The van der Waals surface area contributed by atoms with Crippen LogP contribution in [-0.2, 0) is 19.2 Å². The summed E-state index contributed by atoms with van der Waals surface area (Å²) in [6.45, 7) is -0.554. The molecule has 0 spiro atoms. The van der Waals surface area contributed by atoms with Gasteiger partial charge in [-0.25, -0.2) is 0 Å². The Bertz CT molecular complexity index is 535. The molecule has 0 aromatic heterocycles. The number of nitrogens with one attached hydrogen (secondary N) is 2. The quantitative estimate of drug-likeness (QED) is 0.195. The first-order valence-electron chi connectivity index (χ1n) is 8.06. The summed E-state index contributed by atoms with van der Waals surface area (Å²) in [4.78, 5) is 45.2. The van der Waals surface area contributed by atoms with Crippen LogP contribution in [0.4, 0.5) is 0 Å². The molecule has 146 valence electrons. The van der Waals surface area contributed by atoms with Crippen LogP contribution < -0.4 is 16.4 Å². The minimum absolute atomic E-state index is 0.0656. The Kier molecular flexibility index (Phi) is 12.8. The summed E-state index contributed by atoms with van der Waals surface area (Å²) < 4.78 is 0. The molecule has 0 aromatic carbocycles. The van der Waals surface area contributed by atoms with E-state index >= 15 is 0 Å². The molecule has 6 N–H and O–H groups in total. The van der Waals surface area contributed by atoms with E-state index in [4.69, 9.17) is 22.4 Å². The average Bonchev–Trinajstić information content (AvgIpc) is 2.59. The van der Waals surface area contributed by atoms with E-state index in [2.05, 4.69) is 16.6 Å². The summed E-state index contributed by atoms with van der Waals surface area (Å²) in [5.74, 6) is -0.00873. The fourth-order valence-corrected chi connectivity index (χ4v) is 2.82. The highest BCUT2D eigenvalue weighted by Crippen LogP contribution is 2.09. The Labute approximate surface area is 156 Å². The van der Waals surface area contributed by atoms with Crippen molar-refractivity contribution in [2.45, 2.75) is 44.2 Å². The van der Waals surface area contributed by atoms with E-state index < -0.39 is 42.4 Å². The van der Waals surface area contributed by atoms with Gasteiger partial charge in [-0.15, -0.1) is 12.3 Å². The number of carboxylic acid groups (broad SMARTS) is 2. The largest absolute Gasteiger partial charge is 0.480 e. The number of terminal acetylenes is 1. The lowest BCUT2D eigenvalue weighted by Crippen LogP contribution is -2.49. The summed E-state index contributed by atoms with van der Waals surface area (Å²) in [5, 5.41) is 22.0. The Morgan fingerprint density at radius 1 is 1.19 bits per heavy atom. The number of unbranched alkanes of at least 4 members (excludes halogenated alkanes) is 2. The molecule has 2 atom stereocenters. The lowest BCUT2D eigenvalue weighted by Gasteiger charge is -2.18. The highest BCUT2D eigenvalue weighted by molar-refractivity contribution is 7.99. The second-order valence-electron chi connectivity index (χ2n) is 5.45. The Morgan fingerprint density at radius 3 is 2.46 bits per heavy atom. The van der Waals surface area contributed by atoms with E-state index in [1.165, 1.54) is 11.8 Å². The maximum absolute atomic E-state index is 12.0. The van der Waals surface area contributed by atoms with Crippen LogP contribution in [0.15, 0.2) is 0 Å². The van der Waals surface area contributed by atoms with Crippen LogP contribution in [0.1, 0.15) is 32.1 Å². The monoisotopic (exact) mass is 387 g/mol. The van der Waals surface area contributed by atoms with Crippen molar-refractivity contribution >= 4 is 35.5 Å². The lowest BCUT2D eigenvalue weighted by atomic mass is 10.1. The van der Waals surface area contributed by atoms with Crippen molar-refractivity contribution in [3.63, 3.8) is 0 Å². The van der Waals surface area contributed by atoms with Crippen LogP contribution in [0.2, 0.25) is 0 Å². The minimum atomic E-state index is -1.21. The number of aliphatic carboxylic acids is 2. The van der Waals surface area contributed by atoms with Crippen molar-refractivity contribution in [3.05, 3.63) is 0 Å². The lowest BCUT2D eigenvalue weighted by molar-refractivity contribution is -0.139. The molecular weight excluding hydrogens is 362 g/mol. The molecule has 26 heavy (non-hydrogen) atoms. The third-order valence-electron chi connectivity index (χ3n) is 3.21. The van der Waals surface area contributed by atoms with Crippen molar-refractivity contribution < 1.29 is 29.4 Å². The summed E-state index contributed by atoms with van der Waals surface area (Å²) >= 11 is 1.44. The van der Waals surface area contributed by atoms with Gasteiger partial charge >= 0.3 is 11.9 Å². The molecule has 0 heterocycles. The number of hydrogen-bond acceptors (Lipinski definition) is 6. The van der Waals surface area contributed by atoms with E-state index in [0.29, 0.717) is 6.42 Å². The molecular formula is C16H25N3O6S. The van der Waals surface area contributed by atoms with Gasteiger partial charge in [0.15, 0.2) is 0 Å². The molecule has 0 bridgehead atoms. The third-order valence-corrected chi connectivity index (χ3v) is 4.36. The first-order valence-corrected chi connectivity index (χ1v) is 9.21. The van der Waals surface area contributed by atoms with Crippen LogP contribution in [0.25, 0.3) is 0 Å². The Morgan fingerprint density at radius 2 is 1.88 bits per heavy atom. The van der Waals surface area contributed by atoms with Crippen molar-refractivity contribution in [2.24, 2.45) is 5.73 Å². The van der Waals surface area contributed by atoms with Crippen molar-refractivity contribution in [3.8, 4) is 12.3 Å². The normalized spacial score (nSPS) is 12.5. The molecule has 2 unspecified atom stereocenters. The number of carbonyl (C=O) groups excluding carboxylic acids is 2. The summed E-state index contributed by atoms with van der Waals surface area (Å²) in [6.07, 6.45) is 7.34. The highest BCUT2D eigenvalue weighted by Gasteiger charge is 2.22. The molecule has 0 aliphatic carbocycles. The fourth-order valence-electron chi connectivity index (χ4n) is 1.78. The zero-order valence-electron chi connectivity index (χ0n) is 14.4. The Balaban J connectivity index is 4.48. The molecule has 0 saturated carbocycles. The fraction of sp³-hybridized carbons (Fsp3) is 0.625. The van der Waals surface area contributed by atoms with Gasteiger partial charge in [0.25, 0.3) is 0 Å². The zero-order chi connectivity index (χ0) is 19.9. The smallest absolute Gasteiger partial charge is 0.322 e. The van der Waals surface area contributed by atoms with Gasteiger partial charge in [-0.3, -0.25) is 19.2 Å². The number of amides is 2. The van der Waals surface area contributed by atoms with E-state index in [1.54, 1.807) is 0 Å². The molecule has 0 rings (SSSR count). The molecule has 9 nitrogen and oxygen atoms in total. The summed E-state index contributed by atoms with van der Waals surface area (Å²) in [6, 6.07) is -2.08. The van der Waals surface area contributed by atoms with Crippen LogP contribution in [0.3, 0.4) is 0 Å². The van der Waals surface area contributed by atoms with Gasteiger partial charge in [-0.1, -0.05) is 0 Å². The maximum Gasteiger partial charge on any atom is 0.322 e. The number of carboxylic acids is 2. The number of nitrogens with two attached hydrogens (primary N) is 1. The minimum Gasteiger partial charge on any atom is -0.480 e. The third kappa shape index (κ3) is 12.2. The summed E-state index contributed by atoms with van der Waals surface area (Å²) in [7, 11) is 0. The van der Waals surface area contributed by atoms with Gasteiger partial charge in [0, 0.05) is 18.6 Å². The van der Waals surface area contributed by atoms with E-state index in [0.717, 1.165) is 18.6 Å². The van der Waals surface area contributed by atoms with Gasteiger partial charge in [0.05, 0.1) is 0 Å². The van der Waals surface area contributed by atoms with Gasteiger partial charge in [-0.05, 0) is 25.0 Å². The van der Waals surface area contributed by atoms with Crippen LogP contribution in [0.5, 0.6) is 0 Å². The van der Waals surface area contributed by atoms with E-state index in [-0.39, 0.29) is 18.6 Å². The van der Waals surface area contributed by atoms with Gasteiger partial charge in [-0.2, -0.15) is 11.8 Å². The van der Waals surface area contributed by atoms with Crippen molar-refractivity contribution in [1.82, 2.24) is 10.6 Å². The van der Waals surface area contributed by atoms with E-state index in [9.17, 15) is 19.2 Å². The highest BCUT2D eigenvalue weighted by atomic mass is 32.2. The second kappa shape index (κ2) is 14.0. The van der Waals surface area contributed by atoms with Gasteiger partial charge in [0.1, 0.15) is 18.6 Å². The Hall–Kier alpha value is -2.25. The van der Waals surface area contributed by atoms with Crippen molar-refractivity contribution in [2.75, 3.05) is 18.1 Å². The SMILES string of the molecule is C#CCCCCSCC(NC(=O)CCC(N)C(=O)O)C(=O)NCC(=O)O. The van der Waals surface area contributed by atoms with Gasteiger partial charge < -0.3 is 26.6 Å². The maximum atomic E-state index is 12.0. The molecule has 0 radical (unpaired) electrons. The number of hydrogen-bond donors (Lipinski definition) is 5. The standard InChI is InChI=1S/C16H25N3O6S/c1-2-3-4-5-8-26-10-12(15(23)18-9-14(21)22)19-13(20)7-6-11(17)16(24)25/h1,11-12H,3-10,17H2,(H,18,23)(H,19,20)(H,21,22)(H,24,25). The molecule has 0 aliphatic rings. The number of thioether (sulfide) groups is 1. The predicted molar refractivity (Wildman–Crippen MR) is 97.4 cm³/mol. The molecule has 2 amide bonds. The first-order chi connectivity index (χ1) is 12.3. The van der Waals surface area contributed by atoms with Crippen LogP contribution >= 0.6 is 11.8 Å². The number of rotatable bonds is 14. The van der Waals surface area contributed by atoms with E-state index in [1.807, 2.05) is 0 Å². The molecule has 0 aromatic rings. The van der Waals surface area contributed by atoms with Crippen LogP contribution in [-0.4, -0.2) is 64.1 Å². The molecule has 0 saturated heterocycles. The molecule has 0 fully saturated rings. The number of carbonyl (C=O) groups is 4. The first kappa shape index (κ1) is 23.8. The predicted octanol–water partition coefficient (Wildman–Crippen LogP) is -0.599. The van der Waals surface area contributed by atoms with Gasteiger partial charge in [0.2, 0.25) is 11.8 Å². The topological polar surface area (TPSA) is 159 Å². The van der Waals surface area contributed by atoms with Crippen molar-refractivity contribution in [1.29, 1.82) is 0 Å². The second-order valence-corrected chi connectivity index (χ2v) is 6.60. The zero-order valence-corrected chi connectivity index (χ0v) is 15.2.